The van der Waals surface area contributed by atoms with Crippen LogP contribution in [0.2, 0.25) is 0 Å². The fourth-order valence-corrected chi connectivity index (χ4v) is 2.30. The Balaban J connectivity index is 1.99. The van der Waals surface area contributed by atoms with Gasteiger partial charge in [-0.3, -0.25) is 9.48 Å². The molecule has 0 radical (unpaired) electrons. The summed E-state index contributed by atoms with van der Waals surface area (Å²) in [5, 5.41) is 4.40. The highest BCUT2D eigenvalue weighted by molar-refractivity contribution is 9.10. The van der Waals surface area contributed by atoms with E-state index in [1.165, 1.54) is 0 Å². The number of ketones is 1. The topological polar surface area (TPSA) is 34.9 Å². The van der Waals surface area contributed by atoms with Crippen molar-refractivity contribution in [2.24, 2.45) is 0 Å². The molecule has 0 spiro atoms. The van der Waals surface area contributed by atoms with E-state index in [0.717, 1.165) is 15.7 Å². The van der Waals surface area contributed by atoms with Gasteiger partial charge in [-0.25, -0.2) is 0 Å². The number of halogens is 1. The molecular formula is C15H17BrN2O. The van der Waals surface area contributed by atoms with Crippen molar-refractivity contribution >= 4 is 21.7 Å². The fourth-order valence-electron chi connectivity index (χ4n) is 1.88. The lowest BCUT2D eigenvalue weighted by atomic mass is 10.1. The molecule has 3 nitrogen and oxygen atoms in total. The van der Waals surface area contributed by atoms with Crippen LogP contribution in [0.4, 0.5) is 0 Å². The van der Waals surface area contributed by atoms with Crippen LogP contribution < -0.4 is 0 Å². The van der Waals surface area contributed by atoms with E-state index in [-0.39, 0.29) is 5.78 Å². The van der Waals surface area contributed by atoms with Gasteiger partial charge in [-0.05, 0) is 31.5 Å². The first-order chi connectivity index (χ1) is 9.06. The molecule has 0 saturated carbocycles. The predicted octanol–water partition coefficient (Wildman–Crippen LogP) is 3.58. The molecule has 2 aromatic rings. The van der Waals surface area contributed by atoms with Gasteiger partial charge < -0.3 is 0 Å². The highest BCUT2D eigenvalue weighted by Gasteiger charge is 2.10. The van der Waals surface area contributed by atoms with Crippen LogP contribution in [0.15, 0.2) is 41.0 Å². The number of aromatic nitrogens is 2. The number of hydrogen-bond acceptors (Lipinski definition) is 2. The Bertz CT molecular complexity index is 575. The Morgan fingerprint density at radius 3 is 2.63 bits per heavy atom. The first-order valence-electron chi connectivity index (χ1n) is 6.35. The second-order valence-corrected chi connectivity index (χ2v) is 5.72. The summed E-state index contributed by atoms with van der Waals surface area (Å²) in [6.07, 6.45) is 2.75. The minimum absolute atomic E-state index is 0.181. The number of Topliss-reactive ketones (excluding diaryl/α,β-unsaturated/α-hetero) is 1. The lowest BCUT2D eigenvalue weighted by Gasteiger charge is -2.04. The molecule has 1 aromatic carbocycles. The smallest absolute Gasteiger partial charge is 0.143 e. The van der Waals surface area contributed by atoms with E-state index in [1.54, 1.807) is 0 Å². The quantitative estimate of drug-likeness (QED) is 0.844. The van der Waals surface area contributed by atoms with Gasteiger partial charge in [-0.1, -0.05) is 34.1 Å². The van der Waals surface area contributed by atoms with Crippen LogP contribution in [-0.2, 0) is 17.6 Å². The standard InChI is InChI=1S/C15H17BrN2O/c1-11(2)18-8-7-13(17-18)10-14(19)9-12-5-3-4-6-15(12)16/h3-8,11H,9-10H2,1-2H3. The van der Waals surface area contributed by atoms with Crippen molar-refractivity contribution in [3.63, 3.8) is 0 Å². The lowest BCUT2D eigenvalue weighted by Crippen LogP contribution is -2.09. The van der Waals surface area contributed by atoms with Crippen LogP contribution >= 0.6 is 15.9 Å². The van der Waals surface area contributed by atoms with Crippen LogP contribution in [0, 0.1) is 0 Å². The van der Waals surface area contributed by atoms with E-state index in [9.17, 15) is 4.79 Å². The molecule has 0 saturated heterocycles. The van der Waals surface area contributed by atoms with E-state index in [1.807, 2.05) is 41.2 Å². The summed E-state index contributed by atoms with van der Waals surface area (Å²) in [7, 11) is 0. The average molecular weight is 321 g/mol. The van der Waals surface area contributed by atoms with Gasteiger partial charge in [0, 0.05) is 23.1 Å². The van der Waals surface area contributed by atoms with Crippen LogP contribution in [0.25, 0.3) is 0 Å². The Labute approximate surface area is 121 Å². The highest BCUT2D eigenvalue weighted by Crippen LogP contribution is 2.17. The zero-order chi connectivity index (χ0) is 13.8. The summed E-state index contributed by atoms with van der Waals surface area (Å²) < 4.78 is 2.86. The van der Waals surface area contributed by atoms with Gasteiger partial charge in [0.05, 0.1) is 12.1 Å². The third-order valence-electron chi connectivity index (χ3n) is 2.92. The van der Waals surface area contributed by atoms with Crippen molar-refractivity contribution in [1.29, 1.82) is 0 Å². The Morgan fingerprint density at radius 1 is 1.26 bits per heavy atom. The molecule has 0 N–H and O–H groups in total. The van der Waals surface area contributed by atoms with Crippen molar-refractivity contribution in [3.8, 4) is 0 Å². The van der Waals surface area contributed by atoms with E-state index in [0.29, 0.717) is 18.9 Å². The summed E-state index contributed by atoms with van der Waals surface area (Å²) >= 11 is 3.46. The van der Waals surface area contributed by atoms with Crippen LogP contribution in [0.5, 0.6) is 0 Å². The molecule has 1 heterocycles. The van der Waals surface area contributed by atoms with E-state index in [2.05, 4.69) is 34.9 Å². The van der Waals surface area contributed by atoms with Gasteiger partial charge >= 0.3 is 0 Å². The fraction of sp³-hybridized carbons (Fsp3) is 0.333. The molecule has 0 fully saturated rings. The molecule has 0 amide bonds. The molecule has 100 valence electrons. The van der Waals surface area contributed by atoms with Crippen molar-refractivity contribution in [1.82, 2.24) is 9.78 Å². The summed E-state index contributed by atoms with van der Waals surface area (Å²) in [5.41, 5.74) is 1.86. The monoisotopic (exact) mass is 320 g/mol. The van der Waals surface area contributed by atoms with Gasteiger partial charge in [-0.15, -0.1) is 0 Å². The van der Waals surface area contributed by atoms with Crippen molar-refractivity contribution in [3.05, 3.63) is 52.3 Å². The summed E-state index contributed by atoms with van der Waals surface area (Å²) in [5.74, 6) is 0.181. The number of rotatable bonds is 5. The summed E-state index contributed by atoms with van der Waals surface area (Å²) in [4.78, 5) is 12.0. The summed E-state index contributed by atoms with van der Waals surface area (Å²) in [6.45, 7) is 4.14. The van der Waals surface area contributed by atoms with Crippen LogP contribution in [-0.4, -0.2) is 15.6 Å². The van der Waals surface area contributed by atoms with Gasteiger partial charge in [0.1, 0.15) is 5.78 Å². The zero-order valence-corrected chi connectivity index (χ0v) is 12.7. The molecule has 0 aliphatic carbocycles. The number of hydrogen-bond donors (Lipinski definition) is 0. The number of benzene rings is 1. The molecule has 19 heavy (non-hydrogen) atoms. The van der Waals surface area contributed by atoms with E-state index in [4.69, 9.17) is 0 Å². The number of carbonyl (C=O) groups is 1. The molecule has 0 atom stereocenters. The van der Waals surface area contributed by atoms with Crippen LogP contribution in [0.3, 0.4) is 0 Å². The average Bonchev–Trinajstić information content (AvgIpc) is 2.80. The predicted molar refractivity (Wildman–Crippen MR) is 79.2 cm³/mol. The maximum absolute atomic E-state index is 12.0. The van der Waals surface area contributed by atoms with E-state index < -0.39 is 0 Å². The largest absolute Gasteiger partial charge is 0.299 e. The van der Waals surface area contributed by atoms with Gasteiger partial charge in [0.25, 0.3) is 0 Å². The molecule has 0 aliphatic rings. The van der Waals surface area contributed by atoms with Crippen molar-refractivity contribution in [2.45, 2.75) is 32.7 Å². The minimum atomic E-state index is 0.181. The van der Waals surface area contributed by atoms with Gasteiger partial charge in [0.2, 0.25) is 0 Å². The Kier molecular flexibility index (Phi) is 4.53. The van der Waals surface area contributed by atoms with Crippen molar-refractivity contribution in [2.75, 3.05) is 0 Å². The zero-order valence-electron chi connectivity index (χ0n) is 11.1. The Hall–Kier alpha value is -1.42. The lowest BCUT2D eigenvalue weighted by molar-refractivity contribution is -0.117. The molecule has 0 bridgehead atoms. The molecule has 0 aliphatic heterocycles. The molecule has 1 aromatic heterocycles. The normalized spacial score (nSPS) is 10.9. The first-order valence-corrected chi connectivity index (χ1v) is 7.14. The first kappa shape index (κ1) is 14.0. The molecule has 0 unspecified atom stereocenters. The van der Waals surface area contributed by atoms with Crippen molar-refractivity contribution < 1.29 is 4.79 Å². The molecular weight excluding hydrogens is 304 g/mol. The SMILES string of the molecule is CC(C)n1ccc(CC(=O)Cc2ccccc2Br)n1. The van der Waals surface area contributed by atoms with Crippen LogP contribution in [0.1, 0.15) is 31.1 Å². The highest BCUT2D eigenvalue weighted by atomic mass is 79.9. The maximum Gasteiger partial charge on any atom is 0.143 e. The number of nitrogens with zero attached hydrogens (tertiary/aromatic N) is 2. The second-order valence-electron chi connectivity index (χ2n) is 4.86. The minimum Gasteiger partial charge on any atom is -0.299 e. The number of carbonyl (C=O) groups excluding carboxylic acids is 1. The summed E-state index contributed by atoms with van der Waals surface area (Å²) in [6, 6.07) is 10.1. The third kappa shape index (κ3) is 3.77. The van der Waals surface area contributed by atoms with Gasteiger partial charge in [-0.2, -0.15) is 5.10 Å². The Morgan fingerprint density at radius 2 is 2.00 bits per heavy atom. The maximum atomic E-state index is 12.0. The van der Waals surface area contributed by atoms with Gasteiger partial charge in [0.15, 0.2) is 0 Å². The second kappa shape index (κ2) is 6.15. The van der Waals surface area contributed by atoms with E-state index >= 15 is 0 Å². The molecule has 4 heteroatoms. The molecule has 2 rings (SSSR count). The third-order valence-corrected chi connectivity index (χ3v) is 3.69.